The zero-order valence-corrected chi connectivity index (χ0v) is 8.78. The molecule has 0 bridgehead atoms. The summed E-state index contributed by atoms with van der Waals surface area (Å²) < 4.78 is 0. The predicted molar refractivity (Wildman–Crippen MR) is 54.1 cm³/mol. The first kappa shape index (κ1) is 10.5. The molecule has 0 aliphatic carbocycles. The van der Waals surface area contributed by atoms with Crippen molar-refractivity contribution in [1.29, 1.82) is 0 Å². The topological polar surface area (TPSA) is 0 Å². The quantitative estimate of drug-likeness (QED) is 0.575. The van der Waals surface area contributed by atoms with Gasteiger partial charge in [-0.05, 0) is 0 Å². The fourth-order valence-corrected chi connectivity index (χ4v) is 1.64. The molecule has 0 spiro atoms. The van der Waals surface area contributed by atoms with Gasteiger partial charge in [-0.2, -0.15) is 15.8 Å². The van der Waals surface area contributed by atoms with Crippen LogP contribution in [-0.2, 0) is 0 Å². The zero-order chi connectivity index (χ0) is 7.82. The van der Waals surface area contributed by atoms with Crippen molar-refractivity contribution in [2.75, 3.05) is 0 Å². The van der Waals surface area contributed by atoms with Crippen molar-refractivity contribution in [3.05, 3.63) is 0 Å². The molecule has 60 valence electrons. The number of rotatable bonds is 6. The monoisotopic (exact) mass is 204 g/mol. The minimum atomic E-state index is 0.785. The van der Waals surface area contributed by atoms with E-state index in [9.17, 15) is 0 Å². The molecule has 0 aliphatic rings. The maximum Gasteiger partial charge on any atom is 0.222 e. The summed E-state index contributed by atoms with van der Waals surface area (Å²) in [4.78, 5) is 0. The summed E-state index contributed by atoms with van der Waals surface area (Å²) in [6, 6.07) is 0. The van der Waals surface area contributed by atoms with Crippen LogP contribution < -0.4 is 0 Å². The minimum absolute atomic E-state index is 0.785. The summed E-state index contributed by atoms with van der Waals surface area (Å²) in [6.07, 6.45) is 8.12. The average molecular weight is 205 g/mol. The maximum absolute atomic E-state index is 3.68. The second-order valence-corrected chi connectivity index (χ2v) is 4.18. The lowest BCUT2D eigenvalue weighted by atomic mass is 9.68. The molecule has 0 unspecified atom stereocenters. The Morgan fingerprint density at radius 3 is 1.70 bits per heavy atom. The van der Waals surface area contributed by atoms with E-state index in [1.54, 1.807) is 0 Å². The number of unbranched alkanes of at least 4 members (excludes halogenated alkanes) is 2. The van der Waals surface area contributed by atoms with Gasteiger partial charge in [-0.25, -0.2) is 0 Å². The van der Waals surface area contributed by atoms with Gasteiger partial charge in [0, 0.05) is 0 Å². The molecule has 0 saturated heterocycles. The lowest BCUT2D eigenvalue weighted by Crippen LogP contribution is -2.00. The fraction of sp³-hybridized carbons (Fsp3) is 1.00. The summed E-state index contributed by atoms with van der Waals surface area (Å²) in [5, 5.41) is 0. The van der Waals surface area contributed by atoms with Crippen LogP contribution in [-0.4, -0.2) is 5.54 Å². The summed E-state index contributed by atoms with van der Waals surface area (Å²) in [5.41, 5.74) is 0.785. The highest BCUT2D eigenvalue weighted by Crippen LogP contribution is 2.14. The molecule has 0 atom stereocenters. The molecule has 0 heterocycles. The second-order valence-electron chi connectivity index (χ2n) is 2.88. The molecule has 0 saturated carbocycles. The molecule has 0 radical (unpaired) electrons. The van der Waals surface area contributed by atoms with Crippen molar-refractivity contribution in [1.82, 2.24) is 0 Å². The highest BCUT2D eigenvalue weighted by Gasteiger charge is 2.06. The lowest BCUT2D eigenvalue weighted by Gasteiger charge is -2.02. The van der Waals surface area contributed by atoms with E-state index in [0.29, 0.717) is 0 Å². The summed E-state index contributed by atoms with van der Waals surface area (Å²) in [5.74, 6) is 0. The Bertz CT molecular complexity index is 58.3. The van der Waals surface area contributed by atoms with E-state index in [2.05, 4.69) is 29.6 Å². The van der Waals surface area contributed by atoms with Crippen molar-refractivity contribution in [3.63, 3.8) is 0 Å². The predicted octanol–water partition coefficient (Wildman–Crippen LogP) is 3.97. The van der Waals surface area contributed by atoms with Crippen molar-refractivity contribution in [2.24, 2.45) is 0 Å². The highest BCUT2D eigenvalue weighted by atomic mass is 79.9. The first-order valence-electron chi connectivity index (χ1n) is 4.45. The first-order chi connectivity index (χ1) is 4.81. The van der Waals surface area contributed by atoms with Gasteiger partial charge in [0.25, 0.3) is 0 Å². The molecular weight excluding hydrogens is 187 g/mol. The van der Waals surface area contributed by atoms with Crippen molar-refractivity contribution in [2.45, 2.75) is 52.2 Å². The first-order valence-corrected chi connectivity index (χ1v) is 5.36. The summed E-state index contributed by atoms with van der Waals surface area (Å²) in [6.45, 7) is 4.50. The standard InChI is InChI=1S/C8H18BBr/c1-3-5-7-9(10)8-6-4-2/h3-8H2,1-2H3. The van der Waals surface area contributed by atoms with E-state index in [4.69, 9.17) is 0 Å². The Labute approximate surface area is 73.8 Å². The molecule has 0 nitrogen and oxygen atoms in total. The van der Waals surface area contributed by atoms with E-state index in [-0.39, 0.29) is 0 Å². The summed E-state index contributed by atoms with van der Waals surface area (Å²) in [7, 11) is 0. The van der Waals surface area contributed by atoms with Crippen LogP contribution in [0.2, 0.25) is 12.6 Å². The fourth-order valence-electron chi connectivity index (χ4n) is 0.996. The van der Waals surface area contributed by atoms with Crippen LogP contribution >= 0.6 is 15.8 Å². The van der Waals surface area contributed by atoms with E-state index in [1.807, 2.05) is 0 Å². The summed E-state index contributed by atoms with van der Waals surface area (Å²) >= 11 is 3.68. The number of halogens is 1. The normalized spacial score (nSPS) is 9.90. The minimum Gasteiger partial charge on any atom is -0.157 e. The van der Waals surface area contributed by atoms with E-state index in [0.717, 1.165) is 5.54 Å². The third-order valence-electron chi connectivity index (χ3n) is 1.74. The molecule has 0 N–H and O–H groups in total. The maximum atomic E-state index is 3.68. The molecule has 2 heteroatoms. The Morgan fingerprint density at radius 1 is 1.00 bits per heavy atom. The van der Waals surface area contributed by atoms with Crippen molar-refractivity contribution < 1.29 is 0 Å². The van der Waals surface area contributed by atoms with Crippen molar-refractivity contribution in [3.8, 4) is 0 Å². The molecular formula is C8H18BBr. The largest absolute Gasteiger partial charge is 0.222 e. The van der Waals surface area contributed by atoms with Gasteiger partial charge in [0.2, 0.25) is 5.54 Å². The SMILES string of the molecule is CCCCB(Br)CCCC. The third-order valence-corrected chi connectivity index (χ3v) is 2.66. The molecule has 0 aromatic rings. The van der Waals surface area contributed by atoms with Crippen LogP contribution in [0.25, 0.3) is 0 Å². The highest BCUT2D eigenvalue weighted by molar-refractivity contribution is 9.24. The molecule has 0 fully saturated rings. The Hall–Kier alpha value is 0.545. The van der Waals surface area contributed by atoms with Crippen molar-refractivity contribution >= 4 is 21.3 Å². The van der Waals surface area contributed by atoms with Crippen LogP contribution in [0.1, 0.15) is 39.5 Å². The lowest BCUT2D eigenvalue weighted by molar-refractivity contribution is 0.850. The van der Waals surface area contributed by atoms with Crippen LogP contribution in [0.3, 0.4) is 0 Å². The molecule has 0 aromatic carbocycles. The van der Waals surface area contributed by atoms with Gasteiger partial charge in [-0.1, -0.05) is 52.2 Å². The Morgan fingerprint density at radius 2 is 1.40 bits per heavy atom. The smallest absolute Gasteiger partial charge is 0.157 e. The average Bonchev–Trinajstić information content (AvgIpc) is 1.97. The van der Waals surface area contributed by atoms with Crippen LogP contribution in [0, 0.1) is 0 Å². The third kappa shape index (κ3) is 6.66. The Balaban J connectivity index is 3.00. The van der Waals surface area contributed by atoms with Gasteiger partial charge in [-0.3, -0.25) is 0 Å². The van der Waals surface area contributed by atoms with Crippen LogP contribution in [0.15, 0.2) is 0 Å². The van der Waals surface area contributed by atoms with E-state index < -0.39 is 0 Å². The van der Waals surface area contributed by atoms with Gasteiger partial charge in [-0.15, -0.1) is 0 Å². The zero-order valence-electron chi connectivity index (χ0n) is 7.20. The van der Waals surface area contributed by atoms with Gasteiger partial charge in [0.05, 0.1) is 0 Å². The molecule has 10 heavy (non-hydrogen) atoms. The van der Waals surface area contributed by atoms with Gasteiger partial charge in [0.15, 0.2) is 0 Å². The van der Waals surface area contributed by atoms with Gasteiger partial charge >= 0.3 is 0 Å². The van der Waals surface area contributed by atoms with E-state index in [1.165, 1.54) is 38.3 Å². The van der Waals surface area contributed by atoms with Crippen LogP contribution in [0.5, 0.6) is 0 Å². The van der Waals surface area contributed by atoms with E-state index >= 15 is 0 Å². The number of hydrogen-bond donors (Lipinski definition) is 0. The van der Waals surface area contributed by atoms with Gasteiger partial charge < -0.3 is 0 Å². The molecule has 0 rings (SSSR count). The molecule has 0 amide bonds. The Kier molecular flexibility index (Phi) is 8.07. The second kappa shape index (κ2) is 7.65. The number of hydrogen-bond acceptors (Lipinski definition) is 0. The molecule has 0 aromatic heterocycles. The van der Waals surface area contributed by atoms with Crippen LogP contribution in [0.4, 0.5) is 0 Å². The van der Waals surface area contributed by atoms with Gasteiger partial charge in [0.1, 0.15) is 0 Å². The molecule has 0 aliphatic heterocycles.